The molecule has 17 heavy (non-hydrogen) atoms. The van der Waals surface area contributed by atoms with Crippen molar-refractivity contribution < 1.29 is 19.1 Å². The van der Waals surface area contributed by atoms with Crippen LogP contribution in [0.15, 0.2) is 30.3 Å². The molecule has 1 aromatic rings. The zero-order chi connectivity index (χ0) is 12.5. The van der Waals surface area contributed by atoms with Gasteiger partial charge in [-0.15, -0.1) is 0 Å². The van der Waals surface area contributed by atoms with Crippen LogP contribution >= 0.6 is 11.6 Å². The molecule has 5 heteroatoms. The van der Waals surface area contributed by atoms with Crippen molar-refractivity contribution in [2.45, 2.75) is 19.4 Å². The van der Waals surface area contributed by atoms with Crippen molar-refractivity contribution in [2.24, 2.45) is 0 Å². The van der Waals surface area contributed by atoms with Crippen LogP contribution in [0.2, 0.25) is 0 Å². The standard InChI is InChI=1S/C12H13ClO4/c13-12(15)16-8-4-7-11(14)17-9-10-5-2-1-3-6-10/h1-3,5-6H,4,7-9H2. The third kappa shape index (κ3) is 6.58. The molecule has 0 unspecified atom stereocenters. The molecule has 0 aliphatic heterocycles. The molecule has 0 atom stereocenters. The molecule has 0 spiro atoms. The summed E-state index contributed by atoms with van der Waals surface area (Å²) in [6, 6.07) is 9.41. The Labute approximate surface area is 104 Å². The van der Waals surface area contributed by atoms with Crippen molar-refractivity contribution in [1.82, 2.24) is 0 Å². The molecule has 0 aliphatic carbocycles. The lowest BCUT2D eigenvalue weighted by molar-refractivity contribution is -0.145. The van der Waals surface area contributed by atoms with Crippen molar-refractivity contribution in [2.75, 3.05) is 6.61 Å². The molecule has 0 bridgehead atoms. The lowest BCUT2D eigenvalue weighted by Gasteiger charge is -2.04. The number of halogens is 1. The summed E-state index contributed by atoms with van der Waals surface area (Å²) in [5, 5.41) is 0. The molecule has 4 nitrogen and oxygen atoms in total. The first-order chi connectivity index (χ1) is 8.18. The number of esters is 1. The minimum Gasteiger partial charge on any atom is -0.461 e. The Kier molecular flexibility index (Phi) is 6.10. The summed E-state index contributed by atoms with van der Waals surface area (Å²) in [6.45, 7) is 0.387. The van der Waals surface area contributed by atoms with Crippen molar-refractivity contribution in [3.8, 4) is 0 Å². The van der Waals surface area contributed by atoms with Gasteiger partial charge in [0.25, 0.3) is 0 Å². The van der Waals surface area contributed by atoms with E-state index in [9.17, 15) is 9.59 Å². The second-order valence-electron chi connectivity index (χ2n) is 3.34. The van der Waals surface area contributed by atoms with Crippen LogP contribution in [0.3, 0.4) is 0 Å². The Bertz CT molecular complexity index is 364. The maximum atomic E-state index is 11.3. The topological polar surface area (TPSA) is 52.6 Å². The van der Waals surface area contributed by atoms with Crippen LogP contribution in [0.5, 0.6) is 0 Å². The Morgan fingerprint density at radius 3 is 2.47 bits per heavy atom. The first-order valence-electron chi connectivity index (χ1n) is 5.20. The van der Waals surface area contributed by atoms with E-state index in [1.807, 2.05) is 30.3 Å². The molecule has 1 rings (SSSR count). The van der Waals surface area contributed by atoms with Gasteiger partial charge >= 0.3 is 11.4 Å². The third-order valence-corrected chi connectivity index (χ3v) is 2.09. The minimum absolute atomic E-state index is 0.128. The molecule has 92 valence electrons. The molecule has 0 fully saturated rings. The maximum Gasteiger partial charge on any atom is 0.403 e. The van der Waals surface area contributed by atoms with Crippen LogP contribution in [0, 0.1) is 0 Å². The molecular formula is C12H13ClO4. The van der Waals surface area contributed by atoms with Gasteiger partial charge in [0.05, 0.1) is 6.61 Å². The summed E-state index contributed by atoms with van der Waals surface area (Å²) in [7, 11) is 0. The summed E-state index contributed by atoms with van der Waals surface area (Å²) >= 11 is 4.96. The van der Waals surface area contributed by atoms with Gasteiger partial charge in [-0.25, -0.2) is 4.79 Å². The van der Waals surface area contributed by atoms with E-state index in [-0.39, 0.29) is 25.6 Å². The van der Waals surface area contributed by atoms with E-state index in [4.69, 9.17) is 16.3 Å². The van der Waals surface area contributed by atoms with E-state index >= 15 is 0 Å². The van der Waals surface area contributed by atoms with E-state index in [0.29, 0.717) is 6.42 Å². The predicted octanol–water partition coefficient (Wildman–Crippen LogP) is 2.89. The summed E-state index contributed by atoms with van der Waals surface area (Å²) in [5.41, 5.74) is 0.0793. The maximum absolute atomic E-state index is 11.3. The van der Waals surface area contributed by atoms with Crippen molar-refractivity contribution in [1.29, 1.82) is 0 Å². The summed E-state index contributed by atoms with van der Waals surface area (Å²) in [5.74, 6) is -0.320. The highest BCUT2D eigenvalue weighted by Gasteiger charge is 2.04. The lowest BCUT2D eigenvalue weighted by atomic mass is 10.2. The molecule has 1 aromatic carbocycles. The second kappa shape index (κ2) is 7.68. The van der Waals surface area contributed by atoms with Gasteiger partial charge in [-0.05, 0) is 12.0 Å². The Hall–Kier alpha value is -1.55. The number of hydrogen-bond donors (Lipinski definition) is 0. The van der Waals surface area contributed by atoms with Crippen LogP contribution in [-0.4, -0.2) is 18.0 Å². The first-order valence-corrected chi connectivity index (χ1v) is 5.58. The number of carbonyl (C=O) groups excluding carboxylic acids is 2. The highest BCUT2D eigenvalue weighted by atomic mass is 35.5. The molecule has 0 amide bonds. The third-order valence-electron chi connectivity index (χ3n) is 1.98. The van der Waals surface area contributed by atoms with Crippen molar-refractivity contribution >= 4 is 23.0 Å². The van der Waals surface area contributed by atoms with E-state index in [0.717, 1.165) is 5.56 Å². The number of ether oxygens (including phenoxy) is 2. The Morgan fingerprint density at radius 2 is 1.82 bits per heavy atom. The minimum atomic E-state index is -0.859. The fraction of sp³-hybridized carbons (Fsp3) is 0.333. The zero-order valence-corrected chi connectivity index (χ0v) is 9.98. The van der Waals surface area contributed by atoms with Gasteiger partial charge in [0.15, 0.2) is 0 Å². The van der Waals surface area contributed by atoms with Crippen LogP contribution in [-0.2, 0) is 20.9 Å². The Morgan fingerprint density at radius 1 is 1.12 bits per heavy atom. The smallest absolute Gasteiger partial charge is 0.403 e. The Balaban J connectivity index is 2.11. The highest BCUT2D eigenvalue weighted by Crippen LogP contribution is 2.03. The van der Waals surface area contributed by atoms with Crippen molar-refractivity contribution in [3.63, 3.8) is 0 Å². The number of hydrogen-bond acceptors (Lipinski definition) is 4. The van der Waals surface area contributed by atoms with E-state index in [1.165, 1.54) is 0 Å². The van der Waals surface area contributed by atoms with E-state index in [1.54, 1.807) is 0 Å². The average Bonchev–Trinajstić information content (AvgIpc) is 2.33. The normalized spacial score (nSPS) is 9.71. The number of benzene rings is 1. The molecule has 0 heterocycles. The van der Waals surface area contributed by atoms with Crippen LogP contribution in [0.25, 0.3) is 0 Å². The van der Waals surface area contributed by atoms with Gasteiger partial charge in [-0.1, -0.05) is 30.3 Å². The lowest BCUT2D eigenvalue weighted by Crippen LogP contribution is -2.06. The monoisotopic (exact) mass is 256 g/mol. The molecular weight excluding hydrogens is 244 g/mol. The van der Waals surface area contributed by atoms with E-state index in [2.05, 4.69) is 4.74 Å². The fourth-order valence-electron chi connectivity index (χ4n) is 1.18. The van der Waals surface area contributed by atoms with Gasteiger partial charge < -0.3 is 9.47 Å². The summed E-state index contributed by atoms with van der Waals surface area (Å²) in [4.78, 5) is 21.5. The largest absolute Gasteiger partial charge is 0.461 e. The average molecular weight is 257 g/mol. The van der Waals surface area contributed by atoms with E-state index < -0.39 is 5.43 Å². The van der Waals surface area contributed by atoms with Crippen molar-refractivity contribution in [3.05, 3.63) is 35.9 Å². The van der Waals surface area contributed by atoms with Crippen LogP contribution in [0.4, 0.5) is 4.79 Å². The van der Waals surface area contributed by atoms with Gasteiger partial charge in [0.1, 0.15) is 6.61 Å². The second-order valence-corrected chi connectivity index (χ2v) is 3.64. The van der Waals surface area contributed by atoms with Gasteiger partial charge in [0.2, 0.25) is 0 Å². The first kappa shape index (κ1) is 13.5. The summed E-state index contributed by atoms with van der Waals surface area (Å²) in [6.07, 6.45) is 0.614. The molecule has 0 saturated carbocycles. The van der Waals surface area contributed by atoms with Gasteiger partial charge in [-0.3, -0.25) is 4.79 Å². The fourth-order valence-corrected chi connectivity index (χ4v) is 1.26. The molecule has 0 aromatic heterocycles. The van der Waals surface area contributed by atoms with Crippen LogP contribution in [0.1, 0.15) is 18.4 Å². The molecule has 0 N–H and O–H groups in total. The van der Waals surface area contributed by atoms with Gasteiger partial charge in [-0.2, -0.15) is 0 Å². The molecule has 0 radical (unpaired) electrons. The quantitative estimate of drug-likeness (QED) is 0.446. The molecule has 0 saturated heterocycles. The molecule has 0 aliphatic rings. The zero-order valence-electron chi connectivity index (χ0n) is 9.23. The van der Waals surface area contributed by atoms with Gasteiger partial charge in [0, 0.05) is 18.0 Å². The number of carbonyl (C=O) groups is 2. The predicted molar refractivity (Wildman–Crippen MR) is 62.7 cm³/mol. The van der Waals surface area contributed by atoms with Crippen LogP contribution < -0.4 is 0 Å². The highest BCUT2D eigenvalue weighted by molar-refractivity contribution is 6.61. The summed E-state index contributed by atoms with van der Waals surface area (Å²) < 4.78 is 9.50. The number of rotatable bonds is 6. The SMILES string of the molecule is O=C(Cl)OCCCC(=O)OCc1ccccc1.